The molecule has 0 bridgehead atoms. The largest absolute Gasteiger partial charge is 0.507 e. The molecule has 2 heterocycles. The average Bonchev–Trinajstić information content (AvgIpc) is 3.14. The molecule has 1 fully saturated rings. The van der Waals surface area contributed by atoms with E-state index in [-0.39, 0.29) is 16.9 Å². The highest BCUT2D eigenvalue weighted by molar-refractivity contribution is 6.51. The van der Waals surface area contributed by atoms with E-state index < -0.39 is 17.7 Å². The summed E-state index contributed by atoms with van der Waals surface area (Å²) in [5.74, 6) is -1.04. The minimum Gasteiger partial charge on any atom is -0.507 e. The fourth-order valence-electron chi connectivity index (χ4n) is 3.99. The zero-order valence-corrected chi connectivity index (χ0v) is 18.6. The number of carbonyl (C=O) groups is 2. The maximum Gasteiger partial charge on any atom is 0.300 e. The van der Waals surface area contributed by atoms with E-state index in [4.69, 9.17) is 9.47 Å². The third kappa shape index (κ3) is 3.93. The molecular weight excluding hydrogens is 420 g/mol. The first-order valence-corrected chi connectivity index (χ1v) is 10.5. The number of pyridine rings is 1. The van der Waals surface area contributed by atoms with Crippen molar-refractivity contribution in [3.63, 3.8) is 0 Å². The first-order chi connectivity index (χ1) is 16.0. The number of nitrogens with zero attached hydrogens (tertiary/aromatic N) is 2. The van der Waals surface area contributed by atoms with E-state index in [9.17, 15) is 14.7 Å². The van der Waals surface area contributed by atoms with Crippen molar-refractivity contribution in [3.8, 4) is 11.5 Å². The summed E-state index contributed by atoms with van der Waals surface area (Å²) in [6, 6.07) is 15.0. The van der Waals surface area contributed by atoms with E-state index in [2.05, 4.69) is 4.98 Å². The Hall–Kier alpha value is -4.13. The van der Waals surface area contributed by atoms with Crippen LogP contribution in [0.25, 0.3) is 5.76 Å². The summed E-state index contributed by atoms with van der Waals surface area (Å²) in [4.78, 5) is 32.0. The lowest BCUT2D eigenvalue weighted by Crippen LogP contribution is -2.29. The molecule has 4 rings (SSSR count). The predicted molar refractivity (Wildman–Crippen MR) is 124 cm³/mol. The van der Waals surface area contributed by atoms with Crippen LogP contribution >= 0.6 is 0 Å². The summed E-state index contributed by atoms with van der Waals surface area (Å²) >= 11 is 0. The predicted octanol–water partition coefficient (Wildman–Crippen LogP) is 4.29. The highest BCUT2D eigenvalue weighted by atomic mass is 16.5. The molecule has 1 aliphatic rings. The number of methoxy groups -OCH3 is 2. The van der Waals surface area contributed by atoms with Crippen LogP contribution in [0.5, 0.6) is 11.5 Å². The van der Waals surface area contributed by atoms with Crippen molar-refractivity contribution in [2.24, 2.45) is 0 Å². The van der Waals surface area contributed by atoms with E-state index in [1.165, 1.54) is 19.1 Å². The zero-order chi connectivity index (χ0) is 23.5. The van der Waals surface area contributed by atoms with E-state index in [1.807, 2.05) is 19.1 Å². The van der Waals surface area contributed by atoms with Crippen molar-refractivity contribution in [2.75, 3.05) is 19.1 Å². The maximum atomic E-state index is 13.3. The number of ether oxygens (including phenoxy) is 2. The van der Waals surface area contributed by atoms with Crippen LogP contribution in [0.3, 0.4) is 0 Å². The van der Waals surface area contributed by atoms with Gasteiger partial charge in [0.25, 0.3) is 11.7 Å². The first-order valence-electron chi connectivity index (χ1n) is 10.5. The van der Waals surface area contributed by atoms with Gasteiger partial charge in [0.15, 0.2) is 0 Å². The van der Waals surface area contributed by atoms with E-state index in [1.54, 1.807) is 54.9 Å². The van der Waals surface area contributed by atoms with E-state index in [0.29, 0.717) is 22.7 Å². The van der Waals surface area contributed by atoms with Gasteiger partial charge in [0.1, 0.15) is 17.3 Å². The van der Waals surface area contributed by atoms with Gasteiger partial charge >= 0.3 is 0 Å². The molecule has 1 aliphatic heterocycles. The van der Waals surface area contributed by atoms with Gasteiger partial charge in [-0.3, -0.25) is 19.5 Å². The van der Waals surface area contributed by atoms with Crippen LogP contribution in [0.1, 0.15) is 29.7 Å². The summed E-state index contributed by atoms with van der Waals surface area (Å²) in [6.07, 6.45) is 4.04. The molecule has 1 unspecified atom stereocenters. The standard InChI is InChI=1S/C26H24N2O5/c1-4-16-7-9-18(10-8-16)28-23(17-6-5-13-27-15-17)22(25(30)26(28)31)24(29)20-14-19(32-2)11-12-21(20)33-3/h5-15,23,29H,4H2,1-3H3/b24-22+. The molecule has 1 N–H and O–H groups in total. The Morgan fingerprint density at radius 2 is 1.82 bits per heavy atom. The number of aryl methyl sites for hydroxylation is 1. The van der Waals surface area contributed by atoms with Gasteiger partial charge in [-0.1, -0.05) is 25.1 Å². The molecule has 1 atom stereocenters. The maximum absolute atomic E-state index is 13.3. The van der Waals surface area contributed by atoms with Gasteiger partial charge in [-0.25, -0.2) is 0 Å². The van der Waals surface area contributed by atoms with Gasteiger partial charge in [-0.05, 0) is 53.9 Å². The molecule has 0 spiro atoms. The number of rotatable bonds is 6. The van der Waals surface area contributed by atoms with Crippen LogP contribution in [0.2, 0.25) is 0 Å². The normalized spacial score (nSPS) is 17.3. The molecule has 1 saturated heterocycles. The fourth-order valence-corrected chi connectivity index (χ4v) is 3.99. The summed E-state index contributed by atoms with van der Waals surface area (Å²) in [6.45, 7) is 2.04. The number of benzene rings is 2. The highest BCUT2D eigenvalue weighted by Crippen LogP contribution is 2.43. The Morgan fingerprint density at radius 3 is 2.42 bits per heavy atom. The van der Waals surface area contributed by atoms with E-state index >= 15 is 0 Å². The van der Waals surface area contributed by atoms with Gasteiger partial charge in [0, 0.05) is 18.1 Å². The van der Waals surface area contributed by atoms with Crippen LogP contribution < -0.4 is 14.4 Å². The number of aliphatic hydroxyl groups excluding tert-OH is 1. The van der Waals surface area contributed by atoms with Crippen molar-refractivity contribution in [3.05, 3.63) is 89.3 Å². The van der Waals surface area contributed by atoms with Crippen molar-refractivity contribution in [1.29, 1.82) is 0 Å². The van der Waals surface area contributed by atoms with E-state index in [0.717, 1.165) is 12.0 Å². The third-order valence-electron chi connectivity index (χ3n) is 5.73. The van der Waals surface area contributed by atoms with Gasteiger partial charge < -0.3 is 14.6 Å². The summed E-state index contributed by atoms with van der Waals surface area (Å²) < 4.78 is 10.7. The van der Waals surface area contributed by atoms with Crippen molar-refractivity contribution < 1.29 is 24.2 Å². The van der Waals surface area contributed by atoms with Crippen LogP contribution in [-0.2, 0) is 16.0 Å². The number of carbonyl (C=O) groups excluding carboxylic acids is 2. The quantitative estimate of drug-likeness (QED) is 0.347. The second kappa shape index (κ2) is 9.16. The van der Waals surface area contributed by atoms with Gasteiger partial charge in [-0.15, -0.1) is 0 Å². The van der Waals surface area contributed by atoms with Crippen molar-refractivity contribution in [2.45, 2.75) is 19.4 Å². The molecule has 7 nitrogen and oxygen atoms in total. The Balaban J connectivity index is 1.95. The Kier molecular flexibility index (Phi) is 6.13. The van der Waals surface area contributed by atoms with Crippen LogP contribution in [0.4, 0.5) is 5.69 Å². The minimum atomic E-state index is -0.859. The highest BCUT2D eigenvalue weighted by Gasteiger charge is 2.47. The van der Waals surface area contributed by atoms with Crippen molar-refractivity contribution in [1.82, 2.24) is 4.98 Å². The minimum absolute atomic E-state index is 0.0425. The number of hydrogen-bond acceptors (Lipinski definition) is 6. The molecule has 0 radical (unpaired) electrons. The van der Waals surface area contributed by atoms with Gasteiger partial charge in [0.2, 0.25) is 0 Å². The van der Waals surface area contributed by atoms with Crippen molar-refractivity contribution >= 4 is 23.1 Å². The molecule has 3 aromatic rings. The smallest absolute Gasteiger partial charge is 0.300 e. The molecule has 168 valence electrons. The number of Topliss-reactive ketones (excluding diaryl/α,β-unsaturated/α-hetero) is 1. The van der Waals surface area contributed by atoms with Crippen LogP contribution in [0, 0.1) is 0 Å². The summed E-state index contributed by atoms with van der Waals surface area (Å²) in [5.41, 5.74) is 2.47. The molecule has 1 amide bonds. The molecule has 33 heavy (non-hydrogen) atoms. The lowest BCUT2D eigenvalue weighted by molar-refractivity contribution is -0.132. The van der Waals surface area contributed by atoms with Gasteiger partial charge in [0.05, 0.1) is 31.4 Å². The number of amides is 1. The zero-order valence-electron chi connectivity index (χ0n) is 18.6. The fraction of sp³-hybridized carbons (Fsp3) is 0.192. The number of anilines is 1. The third-order valence-corrected chi connectivity index (χ3v) is 5.73. The number of hydrogen-bond donors (Lipinski definition) is 1. The van der Waals surface area contributed by atoms with Crippen LogP contribution in [0.15, 0.2) is 72.6 Å². The average molecular weight is 444 g/mol. The molecule has 0 saturated carbocycles. The van der Waals surface area contributed by atoms with Crippen LogP contribution in [-0.4, -0.2) is 36.0 Å². The lowest BCUT2D eigenvalue weighted by atomic mass is 9.95. The second-order valence-corrected chi connectivity index (χ2v) is 7.54. The molecule has 0 aliphatic carbocycles. The first kappa shape index (κ1) is 22.1. The number of ketones is 1. The summed E-state index contributed by atoms with van der Waals surface area (Å²) in [5, 5.41) is 11.3. The Labute approximate surface area is 191 Å². The Bertz CT molecular complexity index is 1220. The molecular formula is C26H24N2O5. The second-order valence-electron chi connectivity index (χ2n) is 7.54. The molecule has 7 heteroatoms. The van der Waals surface area contributed by atoms with Gasteiger partial charge in [-0.2, -0.15) is 0 Å². The number of aliphatic hydroxyl groups is 1. The SMILES string of the molecule is CCc1ccc(N2C(=O)C(=O)/C(=C(/O)c3cc(OC)ccc3OC)C2c2cccnc2)cc1. The topological polar surface area (TPSA) is 89.0 Å². The Morgan fingerprint density at radius 1 is 1.06 bits per heavy atom. The monoisotopic (exact) mass is 444 g/mol. The number of aromatic nitrogens is 1. The molecule has 1 aromatic heterocycles. The summed E-state index contributed by atoms with van der Waals surface area (Å²) in [7, 11) is 2.96. The lowest BCUT2D eigenvalue weighted by Gasteiger charge is -2.25. The molecule has 2 aromatic carbocycles.